The fourth-order valence-electron chi connectivity index (χ4n) is 3.61. The van der Waals surface area contributed by atoms with Crippen molar-refractivity contribution in [1.82, 2.24) is 15.2 Å². The first-order chi connectivity index (χ1) is 16.6. The molecule has 2 amide bonds. The van der Waals surface area contributed by atoms with Gasteiger partial charge < -0.3 is 19.7 Å². The summed E-state index contributed by atoms with van der Waals surface area (Å²) in [4.78, 5) is 32.0. The highest BCUT2D eigenvalue weighted by molar-refractivity contribution is 6.30. The summed E-state index contributed by atoms with van der Waals surface area (Å²) < 4.78 is 11.9. The van der Waals surface area contributed by atoms with E-state index in [0.717, 1.165) is 24.8 Å². The Hall–Kier alpha value is -3.58. The number of halogens is 1. The Kier molecular flexibility index (Phi) is 7.99. The minimum Gasteiger partial charge on any atom is -0.490 e. The topological polar surface area (TPSA) is 80.8 Å². The number of amides is 2. The number of hydrogen-bond donors (Lipinski definition) is 1. The predicted molar refractivity (Wildman–Crippen MR) is 129 cm³/mol. The van der Waals surface area contributed by atoms with Crippen LogP contribution in [0.3, 0.4) is 0 Å². The van der Waals surface area contributed by atoms with Gasteiger partial charge in [0.2, 0.25) is 11.8 Å². The SMILES string of the molecule is O=C(CN1CCCCCOc2ccccc2Oc2ncccc2C1=O)NCc1ccc(Cl)cc1. The van der Waals surface area contributed by atoms with Crippen molar-refractivity contribution < 1.29 is 19.1 Å². The maximum absolute atomic E-state index is 13.5. The van der Waals surface area contributed by atoms with Gasteiger partial charge in [0.1, 0.15) is 5.56 Å². The Bertz CT molecular complexity index is 1140. The standard InChI is InChI=1S/C26H26ClN3O4/c27-20-12-10-19(11-13-20)17-29-24(31)18-30-15-4-1-5-16-33-22-8-2-3-9-23(22)34-25-21(26(30)32)7-6-14-28-25/h2-3,6-14H,1,4-5,15-18H2,(H,29,31). The largest absolute Gasteiger partial charge is 0.490 e. The van der Waals surface area contributed by atoms with Gasteiger partial charge in [-0.1, -0.05) is 35.9 Å². The van der Waals surface area contributed by atoms with Gasteiger partial charge in [-0.2, -0.15) is 0 Å². The third kappa shape index (κ3) is 6.26. The molecule has 34 heavy (non-hydrogen) atoms. The first-order valence-electron chi connectivity index (χ1n) is 11.3. The normalized spacial score (nSPS) is 14.3. The number of para-hydroxylation sites is 2. The molecule has 0 unspecified atom stereocenters. The minimum absolute atomic E-state index is 0.0617. The van der Waals surface area contributed by atoms with E-state index in [4.69, 9.17) is 21.1 Å². The molecule has 0 saturated heterocycles. The fourth-order valence-corrected chi connectivity index (χ4v) is 3.74. The molecule has 0 aliphatic carbocycles. The molecule has 0 saturated carbocycles. The molecule has 0 bridgehead atoms. The molecule has 0 atom stereocenters. The Labute approximate surface area is 203 Å². The zero-order chi connectivity index (χ0) is 23.8. The van der Waals surface area contributed by atoms with E-state index in [9.17, 15) is 9.59 Å². The van der Waals surface area contributed by atoms with E-state index in [2.05, 4.69) is 10.3 Å². The molecule has 1 N–H and O–H groups in total. The van der Waals surface area contributed by atoms with Crippen molar-refractivity contribution >= 4 is 23.4 Å². The second-order valence-electron chi connectivity index (χ2n) is 7.94. The third-order valence-corrected chi connectivity index (χ3v) is 5.66. The quantitative estimate of drug-likeness (QED) is 0.578. The Balaban J connectivity index is 1.52. The van der Waals surface area contributed by atoms with Crippen LogP contribution in [0.25, 0.3) is 0 Å². The Morgan fingerprint density at radius 2 is 1.79 bits per heavy atom. The van der Waals surface area contributed by atoms with Crippen LogP contribution >= 0.6 is 11.6 Å². The summed E-state index contributed by atoms with van der Waals surface area (Å²) in [5.41, 5.74) is 1.22. The van der Waals surface area contributed by atoms with E-state index in [1.807, 2.05) is 30.3 Å². The van der Waals surface area contributed by atoms with E-state index >= 15 is 0 Å². The second kappa shape index (κ2) is 11.5. The van der Waals surface area contributed by atoms with Crippen molar-refractivity contribution in [3.05, 3.63) is 83.0 Å². The molecular formula is C26H26ClN3O4. The number of hydrogen-bond acceptors (Lipinski definition) is 5. The molecule has 0 spiro atoms. The molecule has 1 aromatic heterocycles. The van der Waals surface area contributed by atoms with Crippen LogP contribution in [0.2, 0.25) is 5.02 Å². The summed E-state index contributed by atoms with van der Waals surface area (Å²) in [5.74, 6) is 0.718. The van der Waals surface area contributed by atoms with E-state index in [-0.39, 0.29) is 24.2 Å². The number of fused-ring (bicyclic) bond motifs is 2. The maximum atomic E-state index is 13.5. The van der Waals surface area contributed by atoms with Crippen LogP contribution in [-0.2, 0) is 11.3 Å². The minimum atomic E-state index is -0.303. The lowest BCUT2D eigenvalue weighted by Gasteiger charge is -2.23. The summed E-state index contributed by atoms with van der Waals surface area (Å²) in [7, 11) is 0. The molecule has 7 nitrogen and oxygen atoms in total. The number of nitrogens with one attached hydrogen (secondary N) is 1. The molecule has 0 radical (unpaired) electrons. The smallest absolute Gasteiger partial charge is 0.259 e. The van der Waals surface area contributed by atoms with Crippen LogP contribution in [0.5, 0.6) is 17.4 Å². The van der Waals surface area contributed by atoms with Crippen LogP contribution < -0.4 is 14.8 Å². The van der Waals surface area contributed by atoms with Gasteiger partial charge in [0.25, 0.3) is 5.91 Å². The molecule has 8 heteroatoms. The first kappa shape index (κ1) is 23.6. The van der Waals surface area contributed by atoms with Gasteiger partial charge in [0.05, 0.1) is 13.2 Å². The predicted octanol–water partition coefficient (Wildman–Crippen LogP) is 4.85. The number of ether oxygens (including phenoxy) is 2. The average molecular weight is 480 g/mol. The molecule has 0 fully saturated rings. The summed E-state index contributed by atoms with van der Waals surface area (Å²) in [5, 5.41) is 3.51. The molecular weight excluding hydrogens is 454 g/mol. The molecule has 1 aliphatic rings. The Morgan fingerprint density at radius 3 is 2.62 bits per heavy atom. The van der Waals surface area contributed by atoms with Crippen LogP contribution in [0, 0.1) is 0 Å². The molecule has 3 aromatic rings. The van der Waals surface area contributed by atoms with E-state index in [1.165, 1.54) is 0 Å². The molecule has 2 heterocycles. The summed E-state index contributed by atoms with van der Waals surface area (Å²) in [6.45, 7) is 1.26. The number of pyridine rings is 1. The number of carbonyl (C=O) groups is 2. The van der Waals surface area contributed by atoms with E-state index < -0.39 is 0 Å². The zero-order valence-corrected chi connectivity index (χ0v) is 19.5. The van der Waals surface area contributed by atoms with Crippen LogP contribution in [0.4, 0.5) is 0 Å². The van der Waals surface area contributed by atoms with Gasteiger partial charge >= 0.3 is 0 Å². The number of benzene rings is 2. The van der Waals surface area contributed by atoms with Crippen molar-refractivity contribution in [3.63, 3.8) is 0 Å². The van der Waals surface area contributed by atoms with Crippen molar-refractivity contribution in [2.45, 2.75) is 25.8 Å². The van der Waals surface area contributed by atoms with Crippen molar-refractivity contribution in [1.29, 1.82) is 0 Å². The molecule has 176 valence electrons. The van der Waals surface area contributed by atoms with Gasteiger partial charge in [-0.3, -0.25) is 9.59 Å². The lowest BCUT2D eigenvalue weighted by atomic mass is 10.2. The highest BCUT2D eigenvalue weighted by Gasteiger charge is 2.24. The number of nitrogens with zero attached hydrogens (tertiary/aromatic N) is 2. The van der Waals surface area contributed by atoms with Crippen molar-refractivity contribution in [2.75, 3.05) is 19.7 Å². The lowest BCUT2D eigenvalue weighted by Crippen LogP contribution is -2.41. The van der Waals surface area contributed by atoms with Gasteiger partial charge in [-0.05, 0) is 61.2 Å². The molecule has 1 aliphatic heterocycles. The highest BCUT2D eigenvalue weighted by Crippen LogP contribution is 2.32. The zero-order valence-electron chi connectivity index (χ0n) is 18.7. The second-order valence-corrected chi connectivity index (χ2v) is 8.38. The number of aromatic nitrogens is 1. The first-order valence-corrected chi connectivity index (χ1v) is 11.6. The van der Waals surface area contributed by atoms with Crippen LogP contribution in [0.15, 0.2) is 66.9 Å². The van der Waals surface area contributed by atoms with Gasteiger partial charge in [-0.25, -0.2) is 4.98 Å². The summed E-state index contributed by atoms with van der Waals surface area (Å²) in [6, 6.07) is 17.9. The van der Waals surface area contributed by atoms with Gasteiger partial charge in [0.15, 0.2) is 11.5 Å². The molecule has 4 rings (SSSR count). The molecule has 2 aromatic carbocycles. The summed E-state index contributed by atoms with van der Waals surface area (Å²) in [6.07, 6.45) is 4.00. The van der Waals surface area contributed by atoms with Crippen LogP contribution in [-0.4, -0.2) is 41.4 Å². The van der Waals surface area contributed by atoms with E-state index in [1.54, 1.807) is 41.4 Å². The maximum Gasteiger partial charge on any atom is 0.259 e. The number of rotatable bonds is 4. The average Bonchev–Trinajstić information content (AvgIpc) is 2.86. The lowest BCUT2D eigenvalue weighted by molar-refractivity contribution is -0.122. The number of carbonyl (C=O) groups excluding carboxylic acids is 2. The highest BCUT2D eigenvalue weighted by atomic mass is 35.5. The third-order valence-electron chi connectivity index (χ3n) is 5.41. The monoisotopic (exact) mass is 479 g/mol. The Morgan fingerprint density at radius 1 is 1.00 bits per heavy atom. The van der Waals surface area contributed by atoms with Gasteiger partial charge in [-0.15, -0.1) is 0 Å². The fraction of sp³-hybridized carbons (Fsp3) is 0.269. The van der Waals surface area contributed by atoms with Crippen LogP contribution in [0.1, 0.15) is 35.2 Å². The van der Waals surface area contributed by atoms with Crippen molar-refractivity contribution in [2.24, 2.45) is 0 Å². The summed E-state index contributed by atoms with van der Waals surface area (Å²) >= 11 is 5.92. The van der Waals surface area contributed by atoms with E-state index in [0.29, 0.717) is 41.8 Å². The van der Waals surface area contributed by atoms with Gasteiger partial charge in [0, 0.05) is 24.3 Å². The van der Waals surface area contributed by atoms with Crippen molar-refractivity contribution in [3.8, 4) is 17.4 Å².